The zero-order valence-corrected chi connectivity index (χ0v) is 28.0. The fraction of sp³-hybridized carbons (Fsp3) is 0.421. The summed E-state index contributed by atoms with van der Waals surface area (Å²) in [5.41, 5.74) is 3.31. The molecule has 4 amide bonds. The van der Waals surface area contributed by atoms with Gasteiger partial charge in [0, 0.05) is 26.1 Å². The summed E-state index contributed by atoms with van der Waals surface area (Å²) < 4.78 is 6.09. The summed E-state index contributed by atoms with van der Waals surface area (Å²) in [6, 6.07) is 23.1. The van der Waals surface area contributed by atoms with Gasteiger partial charge in [0.05, 0.1) is 18.2 Å². The number of hydrogen-bond donors (Lipinski definition) is 3. The number of para-hydroxylation sites is 1. The highest BCUT2D eigenvalue weighted by Gasteiger charge is 2.28. The van der Waals surface area contributed by atoms with Gasteiger partial charge in [-0.05, 0) is 67.1 Å². The van der Waals surface area contributed by atoms with E-state index < -0.39 is 17.9 Å². The Morgan fingerprint density at radius 2 is 1.52 bits per heavy atom. The molecule has 254 valence electrons. The van der Waals surface area contributed by atoms with Crippen LogP contribution in [-0.4, -0.2) is 71.8 Å². The minimum atomic E-state index is -0.995. The van der Waals surface area contributed by atoms with Crippen molar-refractivity contribution in [3.05, 3.63) is 101 Å². The van der Waals surface area contributed by atoms with Crippen LogP contribution < -0.4 is 20.7 Å². The van der Waals surface area contributed by atoms with Crippen molar-refractivity contribution in [2.75, 3.05) is 26.2 Å². The van der Waals surface area contributed by atoms with Crippen molar-refractivity contribution in [2.24, 2.45) is 5.92 Å². The maximum Gasteiger partial charge on any atom is 0.255 e. The average molecular weight is 654 g/mol. The summed E-state index contributed by atoms with van der Waals surface area (Å²) in [4.78, 5) is 58.1. The summed E-state index contributed by atoms with van der Waals surface area (Å²) >= 11 is 0. The van der Waals surface area contributed by atoms with Crippen molar-refractivity contribution in [2.45, 2.75) is 71.2 Å². The predicted molar refractivity (Wildman–Crippen MR) is 184 cm³/mol. The number of carbonyl (C=O) groups is 4. The standard InChI is InChI=1S/C38H47N5O5/c1-27(2)33-26-48-34-13-7-6-12-31(34)37(46)41-32(18-19-36(45)43(25-35(44)40-33)24-29-10-4-3-5-11-29)38(47)39-22-28-14-16-30(17-15-28)23-42-20-8-9-21-42/h3-7,10-17,27,32-33H,8-9,18-26H2,1-2H3,(H,39,47)(H,40,44)(H,41,46)/t32-,33-/m0/s1. The molecule has 1 fully saturated rings. The molecule has 3 aromatic carbocycles. The SMILES string of the molecule is CC(C)[C@@H]1COc2ccccc2C(=O)N[C@H](C(=O)NCc2ccc(CN3CCCC3)cc2)CCC(=O)N(Cc2ccccc2)CC(=O)N1. The van der Waals surface area contributed by atoms with Crippen LogP contribution in [0.2, 0.25) is 0 Å². The van der Waals surface area contributed by atoms with Crippen LogP contribution in [0.1, 0.15) is 66.6 Å². The third-order valence-corrected chi connectivity index (χ3v) is 8.97. The number of rotatable bonds is 8. The van der Waals surface area contributed by atoms with Gasteiger partial charge in [0.2, 0.25) is 17.7 Å². The van der Waals surface area contributed by atoms with Gasteiger partial charge in [-0.15, -0.1) is 0 Å². The molecule has 10 heteroatoms. The quantitative estimate of drug-likeness (QED) is 0.338. The van der Waals surface area contributed by atoms with Crippen LogP contribution in [0.25, 0.3) is 0 Å². The highest BCUT2D eigenvalue weighted by Crippen LogP contribution is 2.20. The number of hydrogen-bond acceptors (Lipinski definition) is 6. The molecule has 10 nitrogen and oxygen atoms in total. The van der Waals surface area contributed by atoms with E-state index in [9.17, 15) is 19.2 Å². The van der Waals surface area contributed by atoms with Gasteiger partial charge in [0.15, 0.2) is 0 Å². The van der Waals surface area contributed by atoms with Crippen molar-refractivity contribution in [3.63, 3.8) is 0 Å². The van der Waals surface area contributed by atoms with Crippen LogP contribution in [0, 0.1) is 5.92 Å². The summed E-state index contributed by atoms with van der Waals surface area (Å²) in [5, 5.41) is 8.84. The molecular formula is C38H47N5O5. The summed E-state index contributed by atoms with van der Waals surface area (Å²) in [7, 11) is 0. The van der Waals surface area contributed by atoms with Crippen LogP contribution in [0.3, 0.4) is 0 Å². The maximum atomic E-state index is 13.7. The Kier molecular flexibility index (Phi) is 12.2. The lowest BCUT2D eigenvalue weighted by Gasteiger charge is -2.26. The van der Waals surface area contributed by atoms with E-state index >= 15 is 0 Å². The van der Waals surface area contributed by atoms with E-state index in [1.165, 1.54) is 23.3 Å². The molecule has 2 aliphatic rings. The minimum Gasteiger partial charge on any atom is -0.491 e. The number of benzene rings is 3. The van der Waals surface area contributed by atoms with Gasteiger partial charge in [-0.2, -0.15) is 0 Å². The first-order valence-electron chi connectivity index (χ1n) is 17.0. The number of nitrogens with zero attached hydrogens (tertiary/aromatic N) is 2. The van der Waals surface area contributed by atoms with Crippen molar-refractivity contribution in [3.8, 4) is 5.75 Å². The van der Waals surface area contributed by atoms with Gasteiger partial charge in [-0.1, -0.05) is 80.6 Å². The summed E-state index contributed by atoms with van der Waals surface area (Å²) in [6.07, 6.45) is 2.49. The number of carbonyl (C=O) groups excluding carboxylic acids is 4. The molecule has 3 aromatic rings. The number of likely N-dealkylation sites (tertiary alicyclic amines) is 1. The van der Waals surface area contributed by atoms with Gasteiger partial charge in [0.1, 0.15) is 18.4 Å². The number of amides is 4. The van der Waals surface area contributed by atoms with Crippen molar-refractivity contribution in [1.82, 2.24) is 25.8 Å². The topological polar surface area (TPSA) is 120 Å². The molecule has 0 spiro atoms. The van der Waals surface area contributed by atoms with E-state index in [2.05, 4.69) is 33.0 Å². The van der Waals surface area contributed by atoms with E-state index in [4.69, 9.17) is 4.74 Å². The zero-order chi connectivity index (χ0) is 33.9. The first-order valence-corrected chi connectivity index (χ1v) is 17.0. The normalized spacial score (nSPS) is 19.8. The van der Waals surface area contributed by atoms with Gasteiger partial charge in [-0.25, -0.2) is 0 Å². The molecule has 1 saturated heterocycles. The number of nitrogens with one attached hydrogen (secondary N) is 3. The Morgan fingerprint density at radius 3 is 2.25 bits per heavy atom. The first-order chi connectivity index (χ1) is 23.2. The lowest BCUT2D eigenvalue weighted by atomic mass is 10.1. The molecule has 0 unspecified atom stereocenters. The van der Waals surface area contributed by atoms with E-state index in [0.717, 1.165) is 30.8 Å². The Labute approximate surface area is 283 Å². The molecule has 5 rings (SSSR count). The molecule has 0 saturated carbocycles. The first kappa shape index (κ1) is 34.6. The molecule has 3 N–H and O–H groups in total. The lowest BCUT2D eigenvalue weighted by molar-refractivity contribution is -0.137. The number of ether oxygens (including phenoxy) is 1. The Balaban J connectivity index is 1.34. The van der Waals surface area contributed by atoms with E-state index in [-0.39, 0.29) is 68.4 Å². The summed E-state index contributed by atoms with van der Waals surface area (Å²) in [5.74, 6) is -1.10. The summed E-state index contributed by atoms with van der Waals surface area (Å²) in [6.45, 7) is 7.60. The largest absolute Gasteiger partial charge is 0.491 e. The molecule has 48 heavy (non-hydrogen) atoms. The van der Waals surface area contributed by atoms with Gasteiger partial charge in [0.25, 0.3) is 5.91 Å². The minimum absolute atomic E-state index is 0.0262. The van der Waals surface area contributed by atoms with Gasteiger partial charge >= 0.3 is 0 Å². The van der Waals surface area contributed by atoms with E-state index in [0.29, 0.717) is 5.75 Å². The maximum absolute atomic E-state index is 13.7. The fourth-order valence-corrected chi connectivity index (χ4v) is 6.03. The molecule has 0 radical (unpaired) electrons. The molecule has 0 bridgehead atoms. The second kappa shape index (κ2) is 16.9. The number of fused-ring (bicyclic) bond motifs is 1. The van der Waals surface area contributed by atoms with Crippen molar-refractivity contribution < 1.29 is 23.9 Å². The van der Waals surface area contributed by atoms with Crippen molar-refractivity contribution >= 4 is 23.6 Å². The van der Waals surface area contributed by atoms with Crippen LogP contribution in [-0.2, 0) is 34.0 Å². The third-order valence-electron chi connectivity index (χ3n) is 8.97. The smallest absolute Gasteiger partial charge is 0.255 e. The third kappa shape index (κ3) is 9.90. The average Bonchev–Trinajstić information content (AvgIpc) is 3.60. The monoisotopic (exact) mass is 653 g/mol. The molecule has 2 atom stereocenters. The second-order valence-electron chi connectivity index (χ2n) is 13.0. The molecule has 2 aliphatic heterocycles. The molecule has 2 heterocycles. The zero-order valence-electron chi connectivity index (χ0n) is 28.0. The predicted octanol–water partition coefficient (Wildman–Crippen LogP) is 4.04. The van der Waals surface area contributed by atoms with Crippen LogP contribution >= 0.6 is 0 Å². The van der Waals surface area contributed by atoms with E-state index in [1.54, 1.807) is 24.3 Å². The highest BCUT2D eigenvalue weighted by atomic mass is 16.5. The molecule has 0 aromatic heterocycles. The fourth-order valence-electron chi connectivity index (χ4n) is 6.03. The Morgan fingerprint density at radius 1 is 0.854 bits per heavy atom. The van der Waals surface area contributed by atoms with Crippen LogP contribution in [0.4, 0.5) is 0 Å². The van der Waals surface area contributed by atoms with Crippen molar-refractivity contribution in [1.29, 1.82) is 0 Å². The van der Waals surface area contributed by atoms with Crippen LogP contribution in [0.5, 0.6) is 5.75 Å². The Hall–Kier alpha value is -4.70. The lowest BCUT2D eigenvalue weighted by Crippen LogP contribution is -2.48. The van der Waals surface area contributed by atoms with Gasteiger partial charge < -0.3 is 25.6 Å². The molecule has 0 aliphatic carbocycles. The van der Waals surface area contributed by atoms with E-state index in [1.807, 2.05) is 56.3 Å². The highest BCUT2D eigenvalue weighted by molar-refractivity contribution is 5.99. The Bertz CT molecular complexity index is 1540. The second-order valence-corrected chi connectivity index (χ2v) is 13.0. The molecular weight excluding hydrogens is 606 g/mol. The van der Waals surface area contributed by atoms with Gasteiger partial charge in [-0.3, -0.25) is 24.1 Å². The van der Waals surface area contributed by atoms with Crippen LogP contribution in [0.15, 0.2) is 78.9 Å².